The van der Waals surface area contributed by atoms with Gasteiger partial charge in [-0.1, -0.05) is 24.3 Å². The Morgan fingerprint density at radius 2 is 1.71 bits per heavy atom. The van der Waals surface area contributed by atoms with Gasteiger partial charge in [-0.15, -0.1) is 0 Å². The SMILES string of the molecule is C[C@H](NC(=O)O)c1ccccc1B1OC(C)(C)C(C)(C)O1. The van der Waals surface area contributed by atoms with Crippen molar-refractivity contribution >= 4 is 18.7 Å². The minimum Gasteiger partial charge on any atom is -0.465 e. The molecule has 1 heterocycles. The number of carboxylic acid groups (broad SMARTS) is 1. The summed E-state index contributed by atoms with van der Waals surface area (Å²) in [5, 5.41) is 11.4. The monoisotopic (exact) mass is 291 g/mol. The Morgan fingerprint density at radius 1 is 1.19 bits per heavy atom. The quantitative estimate of drug-likeness (QED) is 0.839. The fraction of sp³-hybridized carbons (Fsp3) is 0.533. The summed E-state index contributed by atoms with van der Waals surface area (Å²) < 4.78 is 12.1. The van der Waals surface area contributed by atoms with Gasteiger partial charge < -0.3 is 19.7 Å². The highest BCUT2D eigenvalue weighted by Gasteiger charge is 2.52. The Labute approximate surface area is 125 Å². The molecule has 1 aromatic carbocycles. The van der Waals surface area contributed by atoms with E-state index in [-0.39, 0.29) is 6.04 Å². The van der Waals surface area contributed by atoms with E-state index in [4.69, 9.17) is 14.4 Å². The summed E-state index contributed by atoms with van der Waals surface area (Å²) >= 11 is 0. The first-order valence-corrected chi connectivity index (χ1v) is 7.08. The van der Waals surface area contributed by atoms with E-state index in [0.717, 1.165) is 11.0 Å². The van der Waals surface area contributed by atoms with Crippen LogP contribution in [0.3, 0.4) is 0 Å². The molecule has 5 nitrogen and oxygen atoms in total. The van der Waals surface area contributed by atoms with Gasteiger partial charge in [-0.25, -0.2) is 4.79 Å². The molecule has 114 valence electrons. The summed E-state index contributed by atoms with van der Waals surface area (Å²) in [5.74, 6) is 0. The molecular formula is C15H22BNO4. The number of rotatable bonds is 3. The highest BCUT2D eigenvalue weighted by Crippen LogP contribution is 2.36. The third-order valence-corrected chi connectivity index (χ3v) is 4.31. The predicted octanol–water partition coefficient (Wildman–Crippen LogP) is 2.31. The first kappa shape index (κ1) is 15.9. The summed E-state index contributed by atoms with van der Waals surface area (Å²) in [7, 11) is -0.496. The van der Waals surface area contributed by atoms with Gasteiger partial charge in [0.15, 0.2) is 0 Å². The average molecular weight is 291 g/mol. The highest BCUT2D eigenvalue weighted by atomic mass is 16.7. The molecule has 1 amide bonds. The number of carbonyl (C=O) groups is 1. The van der Waals surface area contributed by atoms with E-state index in [2.05, 4.69) is 5.32 Å². The highest BCUT2D eigenvalue weighted by molar-refractivity contribution is 6.62. The van der Waals surface area contributed by atoms with Crippen molar-refractivity contribution in [2.45, 2.75) is 51.9 Å². The Bertz CT molecular complexity index is 528. The molecule has 1 aliphatic rings. The van der Waals surface area contributed by atoms with Crippen molar-refractivity contribution in [1.29, 1.82) is 0 Å². The summed E-state index contributed by atoms with van der Waals surface area (Å²) in [6.07, 6.45) is -1.05. The van der Waals surface area contributed by atoms with Crippen molar-refractivity contribution in [3.8, 4) is 0 Å². The second-order valence-corrected chi connectivity index (χ2v) is 6.39. The zero-order valence-electron chi connectivity index (χ0n) is 13.1. The lowest BCUT2D eigenvalue weighted by atomic mass is 9.74. The van der Waals surface area contributed by atoms with Crippen molar-refractivity contribution < 1.29 is 19.2 Å². The van der Waals surface area contributed by atoms with Gasteiger partial charge in [-0.05, 0) is 45.6 Å². The van der Waals surface area contributed by atoms with Crippen molar-refractivity contribution in [3.05, 3.63) is 29.8 Å². The van der Waals surface area contributed by atoms with E-state index in [0.29, 0.717) is 0 Å². The molecule has 21 heavy (non-hydrogen) atoms. The van der Waals surface area contributed by atoms with Gasteiger partial charge in [0.25, 0.3) is 0 Å². The van der Waals surface area contributed by atoms with Crippen LogP contribution in [0.25, 0.3) is 0 Å². The van der Waals surface area contributed by atoms with E-state index in [1.807, 2.05) is 52.0 Å². The van der Waals surface area contributed by atoms with E-state index in [9.17, 15) is 4.79 Å². The number of amides is 1. The fourth-order valence-corrected chi connectivity index (χ4v) is 2.35. The van der Waals surface area contributed by atoms with Crippen molar-refractivity contribution in [2.24, 2.45) is 0 Å². The van der Waals surface area contributed by atoms with E-state index in [1.54, 1.807) is 6.92 Å². The normalized spacial score (nSPS) is 21.1. The molecular weight excluding hydrogens is 269 g/mol. The van der Waals surface area contributed by atoms with Crippen LogP contribution in [0.2, 0.25) is 0 Å². The zero-order chi connectivity index (χ0) is 15.8. The molecule has 1 atom stereocenters. The standard InChI is InChI=1S/C15H22BNO4/c1-10(17-13(18)19)11-8-6-7-9-12(11)16-20-14(2,3)15(4,5)21-16/h6-10,17H,1-5H3,(H,18,19)/t10-/m0/s1. The molecule has 0 radical (unpaired) electrons. The molecule has 6 heteroatoms. The van der Waals surface area contributed by atoms with Crippen molar-refractivity contribution in [1.82, 2.24) is 5.32 Å². The summed E-state index contributed by atoms with van der Waals surface area (Å²) in [5.41, 5.74) is 0.874. The third-order valence-electron chi connectivity index (χ3n) is 4.31. The Kier molecular flexibility index (Phi) is 4.04. The smallest absolute Gasteiger partial charge is 0.465 e. The minimum absolute atomic E-state index is 0.335. The summed E-state index contributed by atoms with van der Waals surface area (Å²) in [6.45, 7) is 9.78. The molecule has 0 aliphatic carbocycles. The van der Waals surface area contributed by atoms with Gasteiger partial charge in [0.2, 0.25) is 0 Å². The van der Waals surface area contributed by atoms with Crippen LogP contribution in [0.4, 0.5) is 4.79 Å². The second kappa shape index (κ2) is 5.35. The lowest BCUT2D eigenvalue weighted by molar-refractivity contribution is 0.00578. The fourth-order valence-electron chi connectivity index (χ4n) is 2.35. The first-order valence-electron chi connectivity index (χ1n) is 7.08. The summed E-state index contributed by atoms with van der Waals surface area (Å²) in [4.78, 5) is 10.8. The van der Waals surface area contributed by atoms with Gasteiger partial charge >= 0.3 is 13.2 Å². The molecule has 0 bridgehead atoms. The molecule has 1 aliphatic heterocycles. The summed E-state index contributed by atoms with van der Waals surface area (Å²) in [6, 6.07) is 7.25. The van der Waals surface area contributed by atoms with Crippen LogP contribution >= 0.6 is 0 Å². The maximum absolute atomic E-state index is 10.8. The van der Waals surface area contributed by atoms with Crippen LogP contribution in [-0.2, 0) is 9.31 Å². The average Bonchev–Trinajstić information content (AvgIpc) is 2.57. The number of benzene rings is 1. The molecule has 0 unspecified atom stereocenters. The lowest BCUT2D eigenvalue weighted by Gasteiger charge is -2.32. The Morgan fingerprint density at radius 3 is 2.24 bits per heavy atom. The van der Waals surface area contributed by atoms with Gasteiger partial charge in [-0.2, -0.15) is 0 Å². The molecule has 0 saturated carbocycles. The topological polar surface area (TPSA) is 67.8 Å². The van der Waals surface area contributed by atoms with E-state index >= 15 is 0 Å². The van der Waals surface area contributed by atoms with Gasteiger partial charge in [-0.3, -0.25) is 0 Å². The Balaban J connectivity index is 2.32. The number of hydrogen-bond donors (Lipinski definition) is 2. The predicted molar refractivity (Wildman–Crippen MR) is 81.7 cm³/mol. The van der Waals surface area contributed by atoms with Crippen LogP contribution in [0, 0.1) is 0 Å². The van der Waals surface area contributed by atoms with E-state index < -0.39 is 24.4 Å². The molecule has 0 spiro atoms. The minimum atomic E-state index is -1.05. The number of nitrogens with one attached hydrogen (secondary N) is 1. The number of hydrogen-bond acceptors (Lipinski definition) is 3. The first-order chi connectivity index (χ1) is 9.64. The van der Waals surface area contributed by atoms with E-state index in [1.165, 1.54) is 0 Å². The van der Waals surface area contributed by atoms with Crippen LogP contribution in [0.5, 0.6) is 0 Å². The van der Waals surface area contributed by atoms with Crippen LogP contribution in [0.15, 0.2) is 24.3 Å². The molecule has 1 saturated heterocycles. The second-order valence-electron chi connectivity index (χ2n) is 6.39. The van der Waals surface area contributed by atoms with Crippen LogP contribution in [0.1, 0.15) is 46.2 Å². The molecule has 1 fully saturated rings. The molecule has 1 aromatic rings. The molecule has 2 N–H and O–H groups in total. The van der Waals surface area contributed by atoms with Crippen molar-refractivity contribution in [2.75, 3.05) is 0 Å². The molecule has 2 rings (SSSR count). The third kappa shape index (κ3) is 3.06. The lowest BCUT2D eigenvalue weighted by Crippen LogP contribution is -2.41. The van der Waals surface area contributed by atoms with Gasteiger partial charge in [0.1, 0.15) is 0 Å². The van der Waals surface area contributed by atoms with Crippen molar-refractivity contribution in [3.63, 3.8) is 0 Å². The largest absolute Gasteiger partial charge is 0.495 e. The maximum atomic E-state index is 10.8. The van der Waals surface area contributed by atoms with Crippen LogP contribution in [-0.4, -0.2) is 29.5 Å². The molecule has 0 aromatic heterocycles. The van der Waals surface area contributed by atoms with Crippen LogP contribution < -0.4 is 10.8 Å². The van der Waals surface area contributed by atoms with Gasteiger partial charge in [0.05, 0.1) is 17.2 Å². The maximum Gasteiger partial charge on any atom is 0.495 e. The van der Waals surface area contributed by atoms with Gasteiger partial charge in [0, 0.05) is 0 Å². The zero-order valence-corrected chi connectivity index (χ0v) is 13.1. The Hall–Kier alpha value is -1.53.